The zero-order valence-corrected chi connectivity index (χ0v) is 11.6. The first kappa shape index (κ1) is 12.1. The standard InChI is InChI=1S/C16H17NO3/c1-15-8-11-12(9-16(15,2)20-15)14(19)17(13(11)18)10-6-4-3-5-7-10/h3-7,11-12H,8-9H2,1-2H3/t11-,12+,15-,16+. The summed E-state index contributed by atoms with van der Waals surface area (Å²) in [5.74, 6) is -0.568. The minimum Gasteiger partial charge on any atom is -0.363 e. The van der Waals surface area contributed by atoms with Gasteiger partial charge < -0.3 is 4.74 Å². The molecule has 0 bridgehead atoms. The van der Waals surface area contributed by atoms with Crippen molar-refractivity contribution in [1.29, 1.82) is 0 Å². The van der Waals surface area contributed by atoms with Gasteiger partial charge in [0.2, 0.25) is 11.8 Å². The molecule has 0 spiro atoms. The summed E-state index contributed by atoms with van der Waals surface area (Å²) >= 11 is 0. The van der Waals surface area contributed by atoms with Crippen LogP contribution in [0.3, 0.4) is 0 Å². The Balaban J connectivity index is 1.70. The predicted molar refractivity (Wildman–Crippen MR) is 73.0 cm³/mol. The number of ether oxygens (including phenoxy) is 1. The zero-order valence-electron chi connectivity index (χ0n) is 11.6. The summed E-state index contributed by atoms with van der Waals surface area (Å²) < 4.78 is 5.80. The van der Waals surface area contributed by atoms with Crippen LogP contribution in [0.1, 0.15) is 26.7 Å². The number of para-hydroxylation sites is 1. The second-order valence-corrected chi connectivity index (χ2v) is 6.53. The Morgan fingerprint density at radius 3 is 2.00 bits per heavy atom. The molecule has 1 aliphatic carbocycles. The van der Waals surface area contributed by atoms with E-state index in [1.54, 1.807) is 0 Å². The van der Waals surface area contributed by atoms with E-state index in [4.69, 9.17) is 4.74 Å². The monoisotopic (exact) mass is 271 g/mol. The van der Waals surface area contributed by atoms with Gasteiger partial charge in [0.25, 0.3) is 0 Å². The van der Waals surface area contributed by atoms with Gasteiger partial charge in [-0.25, -0.2) is 0 Å². The maximum absolute atomic E-state index is 12.6. The van der Waals surface area contributed by atoms with Crippen LogP contribution in [0.15, 0.2) is 30.3 Å². The van der Waals surface area contributed by atoms with E-state index in [1.165, 1.54) is 4.90 Å². The Kier molecular flexibility index (Phi) is 2.11. The van der Waals surface area contributed by atoms with Crippen molar-refractivity contribution in [3.05, 3.63) is 30.3 Å². The van der Waals surface area contributed by atoms with Crippen LogP contribution in [-0.4, -0.2) is 23.0 Å². The van der Waals surface area contributed by atoms with Gasteiger partial charge in [-0.1, -0.05) is 18.2 Å². The molecule has 4 nitrogen and oxygen atoms in total. The van der Waals surface area contributed by atoms with Gasteiger partial charge in [0.15, 0.2) is 0 Å². The lowest BCUT2D eigenvalue weighted by atomic mass is 9.70. The molecule has 0 radical (unpaired) electrons. The molecule has 4 heteroatoms. The first-order valence-corrected chi connectivity index (χ1v) is 7.08. The number of amides is 2. The van der Waals surface area contributed by atoms with Crippen molar-refractivity contribution in [2.75, 3.05) is 4.90 Å². The van der Waals surface area contributed by atoms with E-state index in [0.29, 0.717) is 18.5 Å². The second-order valence-electron chi connectivity index (χ2n) is 6.53. The molecule has 0 unspecified atom stereocenters. The Labute approximate surface area is 117 Å². The van der Waals surface area contributed by atoms with Crippen molar-refractivity contribution >= 4 is 17.5 Å². The molecule has 2 saturated heterocycles. The second kappa shape index (κ2) is 3.50. The maximum atomic E-state index is 12.6. The largest absolute Gasteiger partial charge is 0.363 e. The van der Waals surface area contributed by atoms with E-state index >= 15 is 0 Å². The first-order valence-electron chi connectivity index (χ1n) is 7.08. The first-order chi connectivity index (χ1) is 9.45. The average Bonchev–Trinajstić information content (AvgIpc) is 2.92. The van der Waals surface area contributed by atoms with Crippen molar-refractivity contribution in [2.24, 2.45) is 11.8 Å². The highest BCUT2D eigenvalue weighted by Gasteiger charge is 2.71. The van der Waals surface area contributed by atoms with Crippen molar-refractivity contribution in [3.63, 3.8) is 0 Å². The summed E-state index contributed by atoms with van der Waals surface area (Å²) in [6.07, 6.45) is 1.31. The molecule has 2 aliphatic heterocycles. The van der Waals surface area contributed by atoms with Crippen LogP contribution in [0, 0.1) is 11.8 Å². The number of nitrogens with zero attached hydrogens (tertiary/aromatic N) is 1. The lowest BCUT2D eigenvalue weighted by molar-refractivity contribution is -0.122. The Hall–Kier alpha value is -1.68. The molecule has 4 rings (SSSR count). The van der Waals surface area contributed by atoms with E-state index < -0.39 is 0 Å². The van der Waals surface area contributed by atoms with E-state index in [2.05, 4.69) is 0 Å². The molecule has 20 heavy (non-hydrogen) atoms. The molecular formula is C16H17NO3. The van der Waals surface area contributed by atoms with Crippen LogP contribution in [0.4, 0.5) is 5.69 Å². The van der Waals surface area contributed by atoms with E-state index in [0.717, 1.165) is 0 Å². The number of fused-ring (bicyclic) bond motifs is 2. The number of anilines is 1. The molecule has 3 aliphatic rings. The number of hydrogen-bond acceptors (Lipinski definition) is 3. The predicted octanol–water partition coefficient (Wildman–Crippen LogP) is 2.13. The summed E-state index contributed by atoms with van der Waals surface area (Å²) in [6, 6.07) is 9.20. The van der Waals surface area contributed by atoms with Crippen LogP contribution in [0.5, 0.6) is 0 Å². The summed E-state index contributed by atoms with van der Waals surface area (Å²) in [5, 5.41) is 0. The molecule has 0 N–H and O–H groups in total. The number of imide groups is 1. The highest BCUT2D eigenvalue weighted by Crippen LogP contribution is 2.61. The number of benzene rings is 1. The van der Waals surface area contributed by atoms with Gasteiger partial charge in [-0.15, -0.1) is 0 Å². The molecule has 1 aromatic rings. The highest BCUT2D eigenvalue weighted by molar-refractivity contribution is 6.22. The number of rotatable bonds is 1. The molecule has 4 atom stereocenters. The summed E-state index contributed by atoms with van der Waals surface area (Å²) in [7, 11) is 0. The molecule has 2 heterocycles. The number of hydrogen-bond donors (Lipinski definition) is 0. The minimum absolute atomic E-state index is 0.0648. The lowest BCUT2D eigenvalue weighted by Crippen LogP contribution is -2.37. The van der Waals surface area contributed by atoms with Gasteiger partial charge in [0.1, 0.15) is 0 Å². The van der Waals surface area contributed by atoms with Crippen molar-refractivity contribution in [1.82, 2.24) is 0 Å². The maximum Gasteiger partial charge on any atom is 0.237 e. The molecule has 1 aromatic carbocycles. The Morgan fingerprint density at radius 2 is 1.50 bits per heavy atom. The van der Waals surface area contributed by atoms with E-state index in [1.807, 2.05) is 44.2 Å². The molecule has 0 aromatic heterocycles. The fourth-order valence-electron chi connectivity index (χ4n) is 3.90. The van der Waals surface area contributed by atoms with Crippen molar-refractivity contribution < 1.29 is 14.3 Å². The molecular weight excluding hydrogens is 254 g/mol. The molecule has 2 amide bonds. The van der Waals surface area contributed by atoms with Gasteiger partial charge >= 0.3 is 0 Å². The smallest absolute Gasteiger partial charge is 0.237 e. The lowest BCUT2D eigenvalue weighted by Gasteiger charge is -2.26. The van der Waals surface area contributed by atoms with Crippen LogP contribution in [0.25, 0.3) is 0 Å². The van der Waals surface area contributed by atoms with Gasteiger partial charge in [-0.2, -0.15) is 0 Å². The van der Waals surface area contributed by atoms with Crippen molar-refractivity contribution in [3.8, 4) is 0 Å². The van der Waals surface area contributed by atoms with Gasteiger partial charge in [-0.3, -0.25) is 14.5 Å². The van der Waals surface area contributed by atoms with Crippen LogP contribution in [0.2, 0.25) is 0 Å². The number of epoxide rings is 1. The Bertz CT molecular complexity index is 579. The van der Waals surface area contributed by atoms with Gasteiger partial charge in [0.05, 0.1) is 28.7 Å². The van der Waals surface area contributed by atoms with E-state index in [-0.39, 0.29) is 34.9 Å². The SMILES string of the molecule is C[C@@]12C[C@H]3C(=O)N(c4ccccc4)C(=O)[C@H]3C[C@]1(C)O2. The average molecular weight is 271 g/mol. The Morgan fingerprint density at radius 1 is 1.00 bits per heavy atom. The third-order valence-corrected chi connectivity index (χ3v) is 5.32. The van der Waals surface area contributed by atoms with Gasteiger partial charge in [-0.05, 0) is 38.8 Å². The highest BCUT2D eigenvalue weighted by atomic mass is 16.6. The van der Waals surface area contributed by atoms with Gasteiger partial charge in [0, 0.05) is 0 Å². The summed E-state index contributed by atoms with van der Waals surface area (Å²) in [6.45, 7) is 4.10. The fourth-order valence-corrected chi connectivity index (χ4v) is 3.90. The molecule has 104 valence electrons. The van der Waals surface area contributed by atoms with E-state index in [9.17, 15) is 9.59 Å². The topological polar surface area (TPSA) is 49.9 Å². The van der Waals surface area contributed by atoms with Crippen molar-refractivity contribution in [2.45, 2.75) is 37.9 Å². The summed E-state index contributed by atoms with van der Waals surface area (Å²) in [5.41, 5.74) is 0.231. The third kappa shape index (κ3) is 1.35. The third-order valence-electron chi connectivity index (χ3n) is 5.32. The van der Waals surface area contributed by atoms with Crippen LogP contribution >= 0.6 is 0 Å². The quantitative estimate of drug-likeness (QED) is 0.581. The van der Waals surface area contributed by atoms with Crippen LogP contribution < -0.4 is 4.90 Å². The fraction of sp³-hybridized carbons (Fsp3) is 0.500. The van der Waals surface area contributed by atoms with Crippen LogP contribution in [-0.2, 0) is 14.3 Å². The normalized spacial score (nSPS) is 42.4. The molecule has 3 fully saturated rings. The number of carbonyl (C=O) groups excluding carboxylic acids is 2. The summed E-state index contributed by atoms with van der Waals surface area (Å²) in [4.78, 5) is 26.6. The zero-order chi connectivity index (χ0) is 14.1. The molecule has 1 saturated carbocycles. The number of carbonyl (C=O) groups is 2. The minimum atomic E-state index is -0.225.